The van der Waals surface area contributed by atoms with Crippen molar-refractivity contribution in [2.24, 2.45) is 0 Å². The van der Waals surface area contributed by atoms with Crippen molar-refractivity contribution in [3.8, 4) is 0 Å². The zero-order valence-corrected chi connectivity index (χ0v) is 6.60. The van der Waals surface area contributed by atoms with E-state index in [-0.39, 0.29) is 0 Å². The maximum absolute atomic E-state index is 5.21. The minimum atomic E-state index is 0.820. The molecule has 0 spiro atoms. The Morgan fingerprint density at radius 1 is 1.25 bits per heavy atom. The van der Waals surface area contributed by atoms with E-state index >= 15 is 0 Å². The van der Waals surface area contributed by atoms with E-state index in [1.54, 1.807) is 12.5 Å². The molecule has 2 heterocycles. The van der Waals surface area contributed by atoms with Crippen molar-refractivity contribution >= 4 is 0 Å². The van der Waals surface area contributed by atoms with Crippen LogP contribution in [-0.2, 0) is 6.42 Å². The van der Waals surface area contributed by atoms with Crippen LogP contribution in [0.5, 0.6) is 0 Å². The lowest BCUT2D eigenvalue weighted by Crippen LogP contribution is -1.85. The van der Waals surface area contributed by atoms with Crippen LogP contribution >= 0.6 is 0 Å². The third kappa shape index (κ3) is 1.53. The van der Waals surface area contributed by atoms with Crippen molar-refractivity contribution in [2.45, 2.75) is 6.42 Å². The molecule has 0 amide bonds. The second-order valence-corrected chi connectivity index (χ2v) is 2.62. The van der Waals surface area contributed by atoms with Crippen LogP contribution in [-0.4, -0.2) is 4.98 Å². The van der Waals surface area contributed by atoms with Gasteiger partial charge in [0.15, 0.2) is 0 Å². The molecule has 0 N–H and O–H groups in total. The fraction of sp³-hybridized carbons (Fsp3) is 0.100. The Morgan fingerprint density at radius 3 is 2.92 bits per heavy atom. The highest BCUT2D eigenvalue weighted by Crippen LogP contribution is 2.07. The Morgan fingerprint density at radius 2 is 2.25 bits per heavy atom. The molecule has 0 saturated carbocycles. The van der Waals surface area contributed by atoms with E-state index in [0.717, 1.165) is 12.2 Å². The summed E-state index contributed by atoms with van der Waals surface area (Å²) in [4.78, 5) is 4.02. The molecule has 0 saturated heterocycles. The molecule has 0 fully saturated rings. The van der Waals surface area contributed by atoms with E-state index < -0.39 is 0 Å². The number of aromatic nitrogens is 1. The molecule has 0 aromatic carbocycles. The summed E-state index contributed by atoms with van der Waals surface area (Å²) in [5.41, 5.74) is 1.17. The van der Waals surface area contributed by atoms with Gasteiger partial charge >= 0.3 is 0 Å². The van der Waals surface area contributed by atoms with Crippen molar-refractivity contribution in [1.29, 1.82) is 0 Å². The van der Waals surface area contributed by atoms with Gasteiger partial charge in [-0.15, -0.1) is 0 Å². The second-order valence-electron chi connectivity index (χ2n) is 2.62. The lowest BCUT2D eigenvalue weighted by atomic mass is 10.2. The van der Waals surface area contributed by atoms with Gasteiger partial charge in [0.25, 0.3) is 0 Å². The van der Waals surface area contributed by atoms with E-state index in [9.17, 15) is 0 Å². The molecule has 0 atom stereocenters. The van der Waals surface area contributed by atoms with Gasteiger partial charge in [0, 0.05) is 18.8 Å². The molecule has 2 rings (SSSR count). The highest BCUT2D eigenvalue weighted by atomic mass is 16.3. The zero-order valence-electron chi connectivity index (χ0n) is 6.60. The van der Waals surface area contributed by atoms with Gasteiger partial charge in [0.05, 0.1) is 6.26 Å². The van der Waals surface area contributed by atoms with Crippen molar-refractivity contribution in [2.75, 3.05) is 0 Å². The predicted octanol–water partition coefficient (Wildman–Crippen LogP) is 2.27. The Hall–Kier alpha value is -1.57. The fourth-order valence-corrected chi connectivity index (χ4v) is 1.12. The van der Waals surface area contributed by atoms with Gasteiger partial charge in [-0.3, -0.25) is 4.98 Å². The van der Waals surface area contributed by atoms with Crippen LogP contribution in [0.1, 0.15) is 11.3 Å². The first kappa shape index (κ1) is 7.10. The average Bonchev–Trinajstić information content (AvgIpc) is 2.59. The first-order valence-electron chi connectivity index (χ1n) is 3.86. The Labute approximate surface area is 70.9 Å². The molecule has 2 heteroatoms. The largest absolute Gasteiger partial charge is 0.469 e. The molecule has 0 unspecified atom stereocenters. The number of hydrogen-bond donors (Lipinski definition) is 0. The lowest BCUT2D eigenvalue weighted by molar-refractivity contribution is 0.520. The molecule has 0 bridgehead atoms. The quantitative estimate of drug-likeness (QED) is 0.671. The molecule has 0 radical (unpaired) electrons. The van der Waals surface area contributed by atoms with E-state index in [4.69, 9.17) is 4.42 Å². The van der Waals surface area contributed by atoms with Crippen LogP contribution in [0.15, 0.2) is 47.3 Å². The third-order valence-corrected chi connectivity index (χ3v) is 1.68. The van der Waals surface area contributed by atoms with Gasteiger partial charge in [-0.2, -0.15) is 0 Å². The summed E-state index contributed by atoms with van der Waals surface area (Å²) in [7, 11) is 0. The highest BCUT2D eigenvalue weighted by Gasteiger charge is 1.96. The normalized spacial score (nSPS) is 10.0. The third-order valence-electron chi connectivity index (χ3n) is 1.68. The van der Waals surface area contributed by atoms with Gasteiger partial charge in [-0.1, -0.05) is 6.07 Å². The summed E-state index contributed by atoms with van der Waals surface area (Å²) < 4.78 is 5.21. The Kier molecular flexibility index (Phi) is 1.90. The summed E-state index contributed by atoms with van der Waals surface area (Å²) in [6, 6.07) is 7.83. The maximum atomic E-state index is 5.21. The van der Waals surface area contributed by atoms with Crippen LogP contribution in [0.25, 0.3) is 0 Å². The zero-order chi connectivity index (χ0) is 8.23. The number of furan rings is 1. The van der Waals surface area contributed by atoms with E-state index in [0.29, 0.717) is 0 Å². The van der Waals surface area contributed by atoms with E-state index in [2.05, 4.69) is 4.98 Å². The van der Waals surface area contributed by atoms with Crippen molar-refractivity contribution < 1.29 is 4.42 Å². The molecule has 12 heavy (non-hydrogen) atoms. The number of pyridine rings is 1. The molecule has 0 aliphatic carbocycles. The number of hydrogen-bond acceptors (Lipinski definition) is 2. The second kappa shape index (κ2) is 3.22. The number of nitrogens with zero attached hydrogens (tertiary/aromatic N) is 1. The van der Waals surface area contributed by atoms with Crippen LogP contribution in [0.4, 0.5) is 0 Å². The van der Waals surface area contributed by atoms with Gasteiger partial charge in [-0.05, 0) is 23.8 Å². The Balaban J connectivity index is 2.15. The van der Waals surface area contributed by atoms with Crippen molar-refractivity contribution in [1.82, 2.24) is 4.98 Å². The topological polar surface area (TPSA) is 26.0 Å². The molecule has 2 aromatic heterocycles. The van der Waals surface area contributed by atoms with Gasteiger partial charge in [-0.25, -0.2) is 0 Å². The van der Waals surface area contributed by atoms with Crippen LogP contribution in [0.2, 0.25) is 0 Å². The molecular formula is C10H9NO. The molecule has 2 nitrogen and oxygen atoms in total. The minimum absolute atomic E-state index is 0.820. The van der Waals surface area contributed by atoms with Crippen LogP contribution in [0, 0.1) is 0 Å². The Bertz CT molecular complexity index is 326. The molecule has 0 aliphatic heterocycles. The summed E-state index contributed by atoms with van der Waals surface area (Å²) >= 11 is 0. The molecule has 60 valence electrons. The summed E-state index contributed by atoms with van der Waals surface area (Å²) in [6.07, 6.45) is 6.13. The first-order chi connectivity index (χ1) is 5.95. The van der Waals surface area contributed by atoms with E-state index in [1.807, 2.05) is 30.5 Å². The van der Waals surface area contributed by atoms with Crippen LogP contribution in [0.3, 0.4) is 0 Å². The fourth-order valence-electron chi connectivity index (χ4n) is 1.12. The molecule has 2 aromatic rings. The molecular weight excluding hydrogens is 150 g/mol. The maximum Gasteiger partial charge on any atom is 0.108 e. The molecule has 0 aliphatic rings. The first-order valence-corrected chi connectivity index (χ1v) is 3.86. The van der Waals surface area contributed by atoms with Gasteiger partial charge in [0.2, 0.25) is 0 Å². The summed E-state index contributed by atoms with van der Waals surface area (Å²) in [6.45, 7) is 0. The monoisotopic (exact) mass is 159 g/mol. The SMILES string of the molecule is c1cncc(Cc2ccco2)c1. The summed E-state index contributed by atoms with van der Waals surface area (Å²) in [5, 5.41) is 0. The highest BCUT2D eigenvalue weighted by molar-refractivity contribution is 5.16. The van der Waals surface area contributed by atoms with Gasteiger partial charge < -0.3 is 4.42 Å². The smallest absolute Gasteiger partial charge is 0.108 e. The van der Waals surface area contributed by atoms with Crippen LogP contribution < -0.4 is 0 Å². The standard InChI is InChI=1S/C10H9NO/c1-3-9(8-11-5-1)7-10-4-2-6-12-10/h1-6,8H,7H2. The van der Waals surface area contributed by atoms with Crippen molar-refractivity contribution in [3.05, 3.63) is 54.2 Å². The van der Waals surface area contributed by atoms with E-state index in [1.165, 1.54) is 5.56 Å². The van der Waals surface area contributed by atoms with Gasteiger partial charge in [0.1, 0.15) is 5.76 Å². The minimum Gasteiger partial charge on any atom is -0.469 e. The predicted molar refractivity (Wildman–Crippen MR) is 45.8 cm³/mol. The summed E-state index contributed by atoms with van der Waals surface area (Å²) in [5.74, 6) is 0.975. The average molecular weight is 159 g/mol. The number of rotatable bonds is 2. The van der Waals surface area contributed by atoms with Crippen molar-refractivity contribution in [3.63, 3.8) is 0 Å². The lowest BCUT2D eigenvalue weighted by Gasteiger charge is -1.94.